The van der Waals surface area contributed by atoms with Crippen molar-refractivity contribution < 1.29 is 13.2 Å². The number of rotatable bonds is 5. The molecule has 0 saturated carbocycles. The van der Waals surface area contributed by atoms with Gasteiger partial charge < -0.3 is 10.1 Å². The second-order valence-electron chi connectivity index (χ2n) is 5.04. The van der Waals surface area contributed by atoms with Crippen LogP contribution < -0.4 is 5.32 Å². The van der Waals surface area contributed by atoms with Crippen molar-refractivity contribution in [3.8, 4) is 0 Å². The molecule has 2 rings (SSSR count). The predicted octanol–water partition coefficient (Wildman–Crippen LogP) is 1.22. The van der Waals surface area contributed by atoms with Crippen molar-refractivity contribution in [3.05, 3.63) is 24.3 Å². The monoisotopic (exact) mass is 298 g/mol. The van der Waals surface area contributed by atoms with Crippen LogP contribution >= 0.6 is 0 Å². The van der Waals surface area contributed by atoms with Crippen molar-refractivity contribution in [2.45, 2.75) is 17.9 Å². The number of sulfone groups is 1. The number of hydrogen-bond donors (Lipinski definition) is 1. The lowest BCUT2D eigenvalue weighted by Crippen LogP contribution is -2.45. The maximum atomic E-state index is 11.7. The Balaban J connectivity index is 2.01. The zero-order valence-corrected chi connectivity index (χ0v) is 12.8. The Bertz CT molecular complexity index is 545. The zero-order valence-electron chi connectivity index (χ0n) is 12.0. The van der Waals surface area contributed by atoms with E-state index < -0.39 is 9.84 Å². The first kappa shape index (κ1) is 15.3. The summed E-state index contributed by atoms with van der Waals surface area (Å²) in [6.45, 7) is 6.34. The first-order chi connectivity index (χ1) is 9.50. The van der Waals surface area contributed by atoms with E-state index in [0.717, 1.165) is 26.2 Å². The molecule has 1 aliphatic heterocycles. The lowest BCUT2D eigenvalue weighted by Gasteiger charge is -2.32. The molecule has 1 atom stereocenters. The molecule has 0 bridgehead atoms. The molecule has 112 valence electrons. The molecule has 1 aliphatic rings. The number of morpholine rings is 1. The van der Waals surface area contributed by atoms with Gasteiger partial charge in [-0.2, -0.15) is 0 Å². The van der Waals surface area contributed by atoms with Gasteiger partial charge in [-0.1, -0.05) is 19.1 Å². The van der Waals surface area contributed by atoms with Crippen LogP contribution in [0.3, 0.4) is 0 Å². The molecule has 0 spiro atoms. The molecule has 1 saturated heterocycles. The molecule has 0 aromatic heterocycles. The van der Waals surface area contributed by atoms with Gasteiger partial charge in [0.15, 0.2) is 9.84 Å². The average molecular weight is 298 g/mol. The highest BCUT2D eigenvalue weighted by Crippen LogP contribution is 2.20. The molecule has 1 unspecified atom stereocenters. The van der Waals surface area contributed by atoms with Crippen LogP contribution in [0, 0.1) is 0 Å². The van der Waals surface area contributed by atoms with E-state index in [0.29, 0.717) is 17.1 Å². The van der Waals surface area contributed by atoms with Gasteiger partial charge in [0.05, 0.1) is 23.3 Å². The molecule has 1 aromatic rings. The van der Waals surface area contributed by atoms with Crippen molar-refractivity contribution in [1.82, 2.24) is 4.90 Å². The van der Waals surface area contributed by atoms with Crippen LogP contribution in [0.2, 0.25) is 0 Å². The zero-order chi connectivity index (χ0) is 14.6. The van der Waals surface area contributed by atoms with Gasteiger partial charge >= 0.3 is 0 Å². The largest absolute Gasteiger partial charge is 0.381 e. The van der Waals surface area contributed by atoms with Crippen molar-refractivity contribution in [2.75, 3.05) is 44.4 Å². The summed E-state index contributed by atoms with van der Waals surface area (Å²) in [5, 5.41) is 3.20. The number of ether oxygens (including phenoxy) is 1. The van der Waals surface area contributed by atoms with Gasteiger partial charge in [0.1, 0.15) is 0 Å². The fourth-order valence-corrected chi connectivity index (χ4v) is 3.22. The third kappa shape index (κ3) is 3.94. The highest BCUT2D eigenvalue weighted by Gasteiger charge is 2.20. The normalized spacial score (nSPS) is 20.8. The van der Waals surface area contributed by atoms with Gasteiger partial charge in [0, 0.05) is 25.9 Å². The van der Waals surface area contributed by atoms with E-state index in [2.05, 4.69) is 17.1 Å². The molecule has 0 aliphatic carbocycles. The molecule has 1 fully saturated rings. The van der Waals surface area contributed by atoms with Gasteiger partial charge in [-0.15, -0.1) is 0 Å². The maximum absolute atomic E-state index is 11.7. The van der Waals surface area contributed by atoms with E-state index >= 15 is 0 Å². The second-order valence-corrected chi connectivity index (χ2v) is 7.02. The van der Waals surface area contributed by atoms with Crippen molar-refractivity contribution in [3.63, 3.8) is 0 Å². The Labute approximate surface area is 120 Å². The summed E-state index contributed by atoms with van der Waals surface area (Å²) in [6, 6.07) is 6.98. The minimum absolute atomic E-state index is 0.0938. The fraction of sp³-hybridized carbons (Fsp3) is 0.571. The Kier molecular flexibility index (Phi) is 5.01. The van der Waals surface area contributed by atoms with E-state index in [9.17, 15) is 8.42 Å². The van der Waals surface area contributed by atoms with Crippen LogP contribution in [-0.4, -0.2) is 58.5 Å². The molecule has 1 N–H and O–H groups in total. The average Bonchev–Trinajstić information content (AvgIpc) is 2.44. The lowest BCUT2D eigenvalue weighted by molar-refractivity contribution is -0.0192. The number of para-hydroxylation sites is 1. The summed E-state index contributed by atoms with van der Waals surface area (Å²) in [6.07, 6.45) is 1.32. The van der Waals surface area contributed by atoms with E-state index in [-0.39, 0.29) is 6.10 Å². The molecule has 20 heavy (non-hydrogen) atoms. The van der Waals surface area contributed by atoms with Crippen LogP contribution in [0.4, 0.5) is 5.69 Å². The van der Waals surface area contributed by atoms with Crippen molar-refractivity contribution in [2.24, 2.45) is 0 Å². The maximum Gasteiger partial charge on any atom is 0.177 e. The van der Waals surface area contributed by atoms with Crippen LogP contribution in [0.5, 0.6) is 0 Å². The lowest BCUT2D eigenvalue weighted by atomic mass is 10.2. The quantitative estimate of drug-likeness (QED) is 0.886. The van der Waals surface area contributed by atoms with Gasteiger partial charge in [0.2, 0.25) is 0 Å². The molecule has 1 aromatic carbocycles. The standard InChI is InChI=1S/C14H22N2O3S/c1-3-16-8-9-19-12(11-16)10-15-13-6-4-5-7-14(13)20(2,17)18/h4-7,12,15H,3,8-11H2,1-2H3. The fourth-order valence-electron chi connectivity index (χ4n) is 2.35. The van der Waals surface area contributed by atoms with Crippen molar-refractivity contribution >= 4 is 15.5 Å². The molecule has 1 heterocycles. The van der Waals surface area contributed by atoms with Crippen LogP contribution in [0.1, 0.15) is 6.92 Å². The Morgan fingerprint density at radius 2 is 2.15 bits per heavy atom. The number of benzene rings is 1. The minimum Gasteiger partial charge on any atom is -0.381 e. The van der Waals surface area contributed by atoms with Crippen LogP contribution in [-0.2, 0) is 14.6 Å². The third-order valence-electron chi connectivity index (χ3n) is 3.48. The minimum atomic E-state index is -3.22. The summed E-state index contributed by atoms with van der Waals surface area (Å²) in [5.74, 6) is 0. The number of hydrogen-bond acceptors (Lipinski definition) is 5. The van der Waals surface area contributed by atoms with E-state index in [1.54, 1.807) is 18.2 Å². The molecule has 6 heteroatoms. The first-order valence-corrected chi connectivity index (χ1v) is 8.76. The predicted molar refractivity (Wildman–Crippen MR) is 79.9 cm³/mol. The van der Waals surface area contributed by atoms with Gasteiger partial charge in [0.25, 0.3) is 0 Å². The van der Waals surface area contributed by atoms with E-state index in [1.807, 2.05) is 6.07 Å². The van der Waals surface area contributed by atoms with E-state index in [4.69, 9.17) is 4.74 Å². The number of anilines is 1. The summed E-state index contributed by atoms with van der Waals surface area (Å²) < 4.78 is 29.2. The molecular formula is C14H22N2O3S. The first-order valence-electron chi connectivity index (χ1n) is 6.87. The summed E-state index contributed by atoms with van der Waals surface area (Å²) >= 11 is 0. The number of nitrogens with zero attached hydrogens (tertiary/aromatic N) is 1. The van der Waals surface area contributed by atoms with Gasteiger partial charge in [-0.25, -0.2) is 8.42 Å². The number of nitrogens with one attached hydrogen (secondary N) is 1. The summed E-state index contributed by atoms with van der Waals surface area (Å²) in [5.41, 5.74) is 0.646. The molecule has 0 radical (unpaired) electrons. The van der Waals surface area contributed by atoms with Gasteiger partial charge in [-0.05, 0) is 18.7 Å². The van der Waals surface area contributed by atoms with Crippen LogP contribution in [0.15, 0.2) is 29.2 Å². The van der Waals surface area contributed by atoms with Crippen LogP contribution in [0.25, 0.3) is 0 Å². The highest BCUT2D eigenvalue weighted by atomic mass is 32.2. The van der Waals surface area contributed by atoms with Gasteiger partial charge in [-0.3, -0.25) is 4.90 Å². The SMILES string of the molecule is CCN1CCOC(CNc2ccccc2S(C)(=O)=O)C1. The Morgan fingerprint density at radius 1 is 1.40 bits per heavy atom. The second kappa shape index (κ2) is 6.56. The smallest absolute Gasteiger partial charge is 0.177 e. The Hall–Kier alpha value is -1.11. The summed E-state index contributed by atoms with van der Waals surface area (Å²) in [7, 11) is -3.22. The molecule has 5 nitrogen and oxygen atoms in total. The van der Waals surface area contributed by atoms with E-state index in [1.165, 1.54) is 6.26 Å². The number of likely N-dealkylation sites (N-methyl/N-ethyl adjacent to an activating group) is 1. The van der Waals surface area contributed by atoms with Crippen molar-refractivity contribution in [1.29, 1.82) is 0 Å². The topological polar surface area (TPSA) is 58.6 Å². The molecule has 0 amide bonds. The molecular weight excluding hydrogens is 276 g/mol. The highest BCUT2D eigenvalue weighted by molar-refractivity contribution is 7.90. The summed E-state index contributed by atoms with van der Waals surface area (Å²) in [4.78, 5) is 2.67. The Morgan fingerprint density at radius 3 is 2.85 bits per heavy atom. The third-order valence-corrected chi connectivity index (χ3v) is 4.63.